The summed E-state index contributed by atoms with van der Waals surface area (Å²) in [5.74, 6) is 1.29. The van der Waals surface area contributed by atoms with Gasteiger partial charge >= 0.3 is 0 Å². The first-order valence-corrected chi connectivity index (χ1v) is 8.97. The highest BCUT2D eigenvalue weighted by Gasteiger charge is 2.18. The van der Waals surface area contributed by atoms with Crippen LogP contribution in [0.4, 0.5) is 0 Å². The van der Waals surface area contributed by atoms with Crippen molar-refractivity contribution >= 4 is 21.8 Å². The van der Waals surface area contributed by atoms with E-state index >= 15 is 0 Å². The molecule has 140 valence electrons. The van der Waals surface area contributed by atoms with Gasteiger partial charge in [-0.1, -0.05) is 34.1 Å². The molecule has 1 atom stereocenters. The molecule has 0 saturated carbocycles. The molecule has 2 aromatic carbocycles. The fourth-order valence-corrected chi connectivity index (χ4v) is 2.87. The van der Waals surface area contributed by atoms with Crippen LogP contribution >= 0.6 is 15.9 Å². The molecule has 0 aliphatic heterocycles. The van der Waals surface area contributed by atoms with Crippen LogP contribution < -0.4 is 14.8 Å². The van der Waals surface area contributed by atoms with E-state index in [0.717, 1.165) is 10.2 Å². The van der Waals surface area contributed by atoms with E-state index in [0.29, 0.717) is 17.3 Å². The van der Waals surface area contributed by atoms with Gasteiger partial charge in [0, 0.05) is 4.47 Å². The van der Waals surface area contributed by atoms with Crippen LogP contribution in [0.3, 0.4) is 0 Å². The SMILES string of the molecule is COc1ccccc1OCC(=O)NC(C)c1nnnn1-c1cccc(Br)c1. The smallest absolute Gasteiger partial charge is 0.258 e. The fourth-order valence-electron chi connectivity index (χ4n) is 2.48. The molecular formula is C18H18BrN5O3. The van der Waals surface area contributed by atoms with E-state index in [1.165, 1.54) is 0 Å². The summed E-state index contributed by atoms with van der Waals surface area (Å²) < 4.78 is 13.2. The molecule has 0 spiro atoms. The third kappa shape index (κ3) is 4.62. The van der Waals surface area contributed by atoms with Gasteiger partial charge in [0.2, 0.25) is 0 Å². The van der Waals surface area contributed by atoms with Gasteiger partial charge < -0.3 is 14.8 Å². The van der Waals surface area contributed by atoms with Gasteiger partial charge in [0.05, 0.1) is 18.8 Å². The number of hydrogen-bond acceptors (Lipinski definition) is 6. The third-order valence-corrected chi connectivity index (χ3v) is 4.23. The molecular weight excluding hydrogens is 414 g/mol. The largest absolute Gasteiger partial charge is 0.493 e. The quantitative estimate of drug-likeness (QED) is 0.618. The Kier molecular flexibility index (Phi) is 6.02. The summed E-state index contributed by atoms with van der Waals surface area (Å²) in [6.07, 6.45) is 0. The van der Waals surface area contributed by atoms with E-state index in [-0.39, 0.29) is 12.5 Å². The molecule has 8 nitrogen and oxygen atoms in total. The Balaban J connectivity index is 1.65. The molecule has 1 amide bonds. The molecule has 0 aliphatic rings. The zero-order valence-corrected chi connectivity index (χ0v) is 16.4. The van der Waals surface area contributed by atoms with Gasteiger partial charge in [-0.2, -0.15) is 4.68 Å². The first kappa shape index (κ1) is 18.8. The Morgan fingerprint density at radius 3 is 2.74 bits per heavy atom. The Hall–Kier alpha value is -2.94. The summed E-state index contributed by atoms with van der Waals surface area (Å²) in [5, 5.41) is 14.6. The zero-order chi connectivity index (χ0) is 19.2. The number of para-hydroxylation sites is 2. The fraction of sp³-hybridized carbons (Fsp3) is 0.222. The van der Waals surface area contributed by atoms with Gasteiger partial charge in [-0.05, 0) is 47.7 Å². The summed E-state index contributed by atoms with van der Waals surface area (Å²) in [6, 6.07) is 14.3. The second-order valence-electron chi connectivity index (χ2n) is 5.66. The summed E-state index contributed by atoms with van der Waals surface area (Å²) in [7, 11) is 1.55. The second kappa shape index (κ2) is 8.63. The van der Waals surface area contributed by atoms with Crippen molar-refractivity contribution in [3.63, 3.8) is 0 Å². The molecule has 0 fully saturated rings. The third-order valence-electron chi connectivity index (χ3n) is 3.74. The predicted molar refractivity (Wildman–Crippen MR) is 102 cm³/mol. The van der Waals surface area contributed by atoms with Gasteiger partial charge in [-0.25, -0.2) is 0 Å². The molecule has 0 aliphatic carbocycles. The molecule has 9 heteroatoms. The van der Waals surface area contributed by atoms with Crippen molar-refractivity contribution in [1.29, 1.82) is 0 Å². The Morgan fingerprint density at radius 2 is 2.00 bits per heavy atom. The van der Waals surface area contributed by atoms with Crippen LogP contribution in [0.1, 0.15) is 18.8 Å². The van der Waals surface area contributed by atoms with Crippen LogP contribution in [0, 0.1) is 0 Å². The lowest BCUT2D eigenvalue weighted by Gasteiger charge is -2.15. The minimum Gasteiger partial charge on any atom is -0.493 e. The van der Waals surface area contributed by atoms with Crippen molar-refractivity contribution in [3.05, 3.63) is 58.8 Å². The van der Waals surface area contributed by atoms with Crippen LogP contribution in [0.2, 0.25) is 0 Å². The van der Waals surface area contributed by atoms with E-state index in [1.54, 1.807) is 30.8 Å². The molecule has 0 saturated heterocycles. The number of halogens is 1. The summed E-state index contributed by atoms with van der Waals surface area (Å²) in [6.45, 7) is 1.66. The number of amides is 1. The van der Waals surface area contributed by atoms with Crippen LogP contribution in [-0.2, 0) is 4.79 Å². The monoisotopic (exact) mass is 431 g/mol. The van der Waals surface area contributed by atoms with Crippen molar-refractivity contribution in [2.45, 2.75) is 13.0 Å². The van der Waals surface area contributed by atoms with Crippen molar-refractivity contribution in [2.24, 2.45) is 0 Å². The summed E-state index contributed by atoms with van der Waals surface area (Å²) in [4.78, 5) is 12.3. The first-order chi connectivity index (χ1) is 13.1. The number of carbonyl (C=O) groups is 1. The van der Waals surface area contributed by atoms with Crippen LogP contribution in [0.5, 0.6) is 11.5 Å². The highest BCUT2D eigenvalue weighted by Crippen LogP contribution is 2.25. The summed E-state index contributed by atoms with van der Waals surface area (Å²) >= 11 is 3.43. The Bertz CT molecular complexity index is 931. The number of rotatable bonds is 7. The highest BCUT2D eigenvalue weighted by molar-refractivity contribution is 9.10. The standard InChI is InChI=1S/C18H18BrN5O3/c1-12(18-21-22-23-24(18)14-7-5-6-13(19)10-14)20-17(25)11-27-16-9-4-3-8-15(16)26-2/h3-10,12H,11H2,1-2H3,(H,20,25). The van der Waals surface area contributed by atoms with E-state index in [4.69, 9.17) is 9.47 Å². The molecule has 0 bridgehead atoms. The van der Waals surface area contributed by atoms with Crippen molar-refractivity contribution in [2.75, 3.05) is 13.7 Å². The molecule has 27 heavy (non-hydrogen) atoms. The molecule has 1 heterocycles. The number of methoxy groups -OCH3 is 1. The van der Waals surface area contributed by atoms with Crippen molar-refractivity contribution in [1.82, 2.24) is 25.5 Å². The number of aromatic nitrogens is 4. The van der Waals surface area contributed by atoms with E-state index < -0.39 is 6.04 Å². The van der Waals surface area contributed by atoms with E-state index in [1.807, 2.05) is 36.4 Å². The first-order valence-electron chi connectivity index (χ1n) is 8.18. The number of carbonyl (C=O) groups excluding carboxylic acids is 1. The maximum atomic E-state index is 12.3. The lowest BCUT2D eigenvalue weighted by molar-refractivity contribution is -0.123. The molecule has 0 radical (unpaired) electrons. The topological polar surface area (TPSA) is 91.2 Å². The summed E-state index contributed by atoms with van der Waals surface area (Å²) in [5.41, 5.74) is 0.788. The lowest BCUT2D eigenvalue weighted by Crippen LogP contribution is -2.32. The van der Waals surface area contributed by atoms with Gasteiger partial charge in [0.1, 0.15) is 0 Å². The van der Waals surface area contributed by atoms with Crippen LogP contribution in [0.15, 0.2) is 53.0 Å². The van der Waals surface area contributed by atoms with Gasteiger partial charge in [0.25, 0.3) is 5.91 Å². The number of nitrogens with one attached hydrogen (secondary N) is 1. The van der Waals surface area contributed by atoms with Gasteiger partial charge in [-0.15, -0.1) is 5.10 Å². The van der Waals surface area contributed by atoms with Crippen LogP contribution in [-0.4, -0.2) is 39.8 Å². The number of ether oxygens (including phenoxy) is 2. The second-order valence-corrected chi connectivity index (χ2v) is 6.57. The highest BCUT2D eigenvalue weighted by atomic mass is 79.9. The Morgan fingerprint density at radius 1 is 1.22 bits per heavy atom. The average molecular weight is 432 g/mol. The van der Waals surface area contributed by atoms with E-state index in [9.17, 15) is 4.79 Å². The Labute approximate surface area is 164 Å². The molecule has 1 unspecified atom stereocenters. The maximum absolute atomic E-state index is 12.3. The van der Waals surface area contributed by atoms with Crippen molar-refractivity contribution in [3.8, 4) is 17.2 Å². The number of tetrazole rings is 1. The predicted octanol–water partition coefficient (Wildman–Crippen LogP) is 2.69. The average Bonchev–Trinajstić information content (AvgIpc) is 3.16. The van der Waals surface area contributed by atoms with Crippen molar-refractivity contribution < 1.29 is 14.3 Å². The number of benzene rings is 2. The lowest BCUT2D eigenvalue weighted by atomic mass is 10.2. The molecule has 3 rings (SSSR count). The minimum atomic E-state index is -0.409. The van der Waals surface area contributed by atoms with Crippen LogP contribution in [0.25, 0.3) is 5.69 Å². The zero-order valence-electron chi connectivity index (χ0n) is 14.8. The number of nitrogens with zero attached hydrogens (tertiary/aromatic N) is 4. The van der Waals surface area contributed by atoms with E-state index in [2.05, 4.69) is 36.8 Å². The van der Waals surface area contributed by atoms with Gasteiger partial charge in [-0.3, -0.25) is 4.79 Å². The maximum Gasteiger partial charge on any atom is 0.258 e. The molecule has 3 aromatic rings. The number of hydrogen-bond donors (Lipinski definition) is 1. The molecule has 1 aromatic heterocycles. The minimum absolute atomic E-state index is 0.150. The normalized spacial score (nSPS) is 11.7. The van der Waals surface area contributed by atoms with Gasteiger partial charge in [0.15, 0.2) is 23.9 Å². The molecule has 1 N–H and O–H groups in total.